The standard InChI is InChI=1S/C14H22N2O3S2/c1-10(14(9-17)20-2)15-11-5-7-13(8-6-11)21(18,19)16-12-3-4-12/h5-8,10,12,14-17H,3-4,9H2,1-2H3. The van der Waals surface area contributed by atoms with Crippen LogP contribution in [-0.4, -0.2) is 43.7 Å². The molecule has 118 valence electrons. The van der Waals surface area contributed by atoms with E-state index in [1.54, 1.807) is 36.0 Å². The van der Waals surface area contributed by atoms with Crippen LogP contribution >= 0.6 is 11.8 Å². The third-order valence-electron chi connectivity index (χ3n) is 3.50. The van der Waals surface area contributed by atoms with E-state index in [2.05, 4.69) is 10.0 Å². The zero-order valence-corrected chi connectivity index (χ0v) is 13.9. The van der Waals surface area contributed by atoms with Gasteiger partial charge in [-0.15, -0.1) is 0 Å². The second kappa shape index (κ2) is 7.00. The highest BCUT2D eigenvalue weighted by atomic mass is 32.2. The first kappa shape index (κ1) is 16.6. The summed E-state index contributed by atoms with van der Waals surface area (Å²) in [4.78, 5) is 0.288. The van der Waals surface area contributed by atoms with Crippen LogP contribution < -0.4 is 10.0 Å². The number of anilines is 1. The molecule has 1 aliphatic rings. The summed E-state index contributed by atoms with van der Waals surface area (Å²) >= 11 is 1.60. The molecule has 0 aromatic heterocycles. The molecule has 2 unspecified atom stereocenters. The Bertz CT molecular complexity index is 552. The Morgan fingerprint density at radius 2 is 1.95 bits per heavy atom. The van der Waals surface area contributed by atoms with Crippen molar-refractivity contribution in [1.82, 2.24) is 4.72 Å². The molecule has 1 aromatic carbocycles. The molecule has 0 radical (unpaired) electrons. The predicted octanol–water partition coefficient (Wildman–Crippen LogP) is 1.65. The van der Waals surface area contributed by atoms with Crippen molar-refractivity contribution >= 4 is 27.5 Å². The van der Waals surface area contributed by atoms with Gasteiger partial charge in [0.2, 0.25) is 10.0 Å². The third kappa shape index (κ3) is 4.60. The summed E-state index contributed by atoms with van der Waals surface area (Å²) in [6.45, 7) is 2.10. The van der Waals surface area contributed by atoms with Crippen LogP contribution in [-0.2, 0) is 10.0 Å². The van der Waals surface area contributed by atoms with Gasteiger partial charge in [-0.3, -0.25) is 0 Å². The summed E-state index contributed by atoms with van der Waals surface area (Å²) in [6, 6.07) is 6.93. The maximum absolute atomic E-state index is 12.0. The van der Waals surface area contributed by atoms with Gasteiger partial charge in [0.05, 0.1) is 11.5 Å². The van der Waals surface area contributed by atoms with Crippen LogP contribution in [0.4, 0.5) is 5.69 Å². The minimum atomic E-state index is -3.39. The minimum Gasteiger partial charge on any atom is -0.395 e. The molecular formula is C14H22N2O3S2. The Labute approximate surface area is 130 Å². The number of hydrogen-bond acceptors (Lipinski definition) is 5. The summed E-state index contributed by atoms with van der Waals surface area (Å²) in [5.41, 5.74) is 0.848. The molecule has 3 N–H and O–H groups in total. The zero-order chi connectivity index (χ0) is 15.5. The topological polar surface area (TPSA) is 78.4 Å². The van der Waals surface area contributed by atoms with E-state index < -0.39 is 10.0 Å². The first-order chi connectivity index (χ1) is 9.96. The number of nitrogens with one attached hydrogen (secondary N) is 2. The molecule has 0 spiro atoms. The van der Waals surface area contributed by atoms with Crippen molar-refractivity contribution in [3.05, 3.63) is 24.3 Å². The molecule has 7 heteroatoms. The Morgan fingerprint density at radius 3 is 2.43 bits per heavy atom. The van der Waals surface area contributed by atoms with Gasteiger partial charge >= 0.3 is 0 Å². The van der Waals surface area contributed by atoms with Crippen LogP contribution in [0, 0.1) is 0 Å². The molecule has 0 amide bonds. The van der Waals surface area contributed by atoms with Crippen LogP contribution in [0.15, 0.2) is 29.2 Å². The van der Waals surface area contributed by atoms with E-state index in [4.69, 9.17) is 0 Å². The maximum atomic E-state index is 12.0. The van der Waals surface area contributed by atoms with Crippen molar-refractivity contribution in [1.29, 1.82) is 0 Å². The van der Waals surface area contributed by atoms with Crippen molar-refractivity contribution in [2.75, 3.05) is 18.2 Å². The van der Waals surface area contributed by atoms with Gasteiger partial charge in [0.15, 0.2) is 0 Å². The van der Waals surface area contributed by atoms with E-state index in [-0.39, 0.29) is 28.8 Å². The molecule has 0 bridgehead atoms. The average molecular weight is 330 g/mol. The van der Waals surface area contributed by atoms with Crippen molar-refractivity contribution in [2.24, 2.45) is 0 Å². The fraction of sp³-hybridized carbons (Fsp3) is 0.571. The summed E-state index contributed by atoms with van der Waals surface area (Å²) in [5.74, 6) is 0. The van der Waals surface area contributed by atoms with Gasteiger partial charge < -0.3 is 10.4 Å². The minimum absolute atomic E-state index is 0.0945. The quantitative estimate of drug-likeness (QED) is 0.675. The molecule has 0 heterocycles. The number of aliphatic hydroxyl groups is 1. The van der Waals surface area contributed by atoms with E-state index in [0.717, 1.165) is 18.5 Å². The van der Waals surface area contributed by atoms with E-state index in [0.29, 0.717) is 0 Å². The van der Waals surface area contributed by atoms with Gasteiger partial charge in [-0.1, -0.05) is 0 Å². The maximum Gasteiger partial charge on any atom is 0.240 e. The smallest absolute Gasteiger partial charge is 0.240 e. The second-order valence-electron chi connectivity index (χ2n) is 5.31. The Hall–Kier alpha value is -0.760. The van der Waals surface area contributed by atoms with Crippen LogP contribution in [0.3, 0.4) is 0 Å². The molecule has 1 fully saturated rings. The molecule has 5 nitrogen and oxygen atoms in total. The first-order valence-corrected chi connectivity index (χ1v) is 9.76. The lowest BCUT2D eigenvalue weighted by molar-refractivity contribution is 0.288. The molecular weight excluding hydrogens is 308 g/mol. The molecule has 0 saturated heterocycles. The summed E-state index contributed by atoms with van der Waals surface area (Å²) in [7, 11) is -3.39. The fourth-order valence-electron chi connectivity index (χ4n) is 2.01. The molecule has 2 atom stereocenters. The van der Waals surface area contributed by atoms with Gasteiger partial charge in [-0.05, 0) is 50.3 Å². The Kier molecular flexibility index (Phi) is 5.54. The number of hydrogen-bond donors (Lipinski definition) is 3. The molecule has 1 aliphatic carbocycles. The molecule has 21 heavy (non-hydrogen) atoms. The van der Waals surface area contributed by atoms with Gasteiger partial charge in [0.1, 0.15) is 0 Å². The van der Waals surface area contributed by atoms with Gasteiger partial charge in [0.25, 0.3) is 0 Å². The van der Waals surface area contributed by atoms with Gasteiger partial charge in [-0.2, -0.15) is 11.8 Å². The third-order valence-corrected chi connectivity index (χ3v) is 6.20. The summed E-state index contributed by atoms with van der Waals surface area (Å²) in [6.07, 6.45) is 3.81. The van der Waals surface area contributed by atoms with Crippen molar-refractivity contribution in [2.45, 2.75) is 42.0 Å². The van der Waals surface area contributed by atoms with E-state index in [1.807, 2.05) is 13.2 Å². The summed E-state index contributed by atoms with van der Waals surface area (Å²) < 4.78 is 26.8. The highest BCUT2D eigenvalue weighted by Gasteiger charge is 2.27. The van der Waals surface area contributed by atoms with Crippen molar-refractivity contribution in [3.63, 3.8) is 0 Å². The summed E-state index contributed by atoms with van der Waals surface area (Å²) in [5, 5.41) is 12.6. The van der Waals surface area contributed by atoms with E-state index in [9.17, 15) is 13.5 Å². The zero-order valence-electron chi connectivity index (χ0n) is 12.2. The lowest BCUT2D eigenvalue weighted by atomic mass is 10.2. The van der Waals surface area contributed by atoms with Crippen LogP contribution in [0.25, 0.3) is 0 Å². The van der Waals surface area contributed by atoms with Gasteiger partial charge in [-0.25, -0.2) is 13.1 Å². The van der Waals surface area contributed by atoms with E-state index in [1.165, 1.54) is 0 Å². The SMILES string of the molecule is CSC(CO)C(C)Nc1ccc(S(=O)(=O)NC2CC2)cc1. The van der Waals surface area contributed by atoms with E-state index >= 15 is 0 Å². The second-order valence-corrected chi connectivity index (χ2v) is 8.10. The lowest BCUT2D eigenvalue weighted by Crippen LogP contribution is -2.31. The number of benzene rings is 1. The van der Waals surface area contributed by atoms with Crippen molar-refractivity contribution < 1.29 is 13.5 Å². The number of rotatable bonds is 8. The first-order valence-electron chi connectivity index (χ1n) is 6.99. The van der Waals surface area contributed by atoms with Crippen LogP contribution in [0.1, 0.15) is 19.8 Å². The molecule has 2 rings (SSSR count). The molecule has 0 aliphatic heterocycles. The van der Waals surface area contributed by atoms with Crippen LogP contribution in [0.5, 0.6) is 0 Å². The number of sulfonamides is 1. The van der Waals surface area contributed by atoms with Crippen molar-refractivity contribution in [3.8, 4) is 0 Å². The average Bonchev–Trinajstić information content (AvgIpc) is 3.24. The lowest BCUT2D eigenvalue weighted by Gasteiger charge is -2.22. The predicted molar refractivity (Wildman–Crippen MR) is 87.3 cm³/mol. The normalized spacial score (nSPS) is 18.2. The fourth-order valence-corrected chi connectivity index (χ4v) is 3.94. The monoisotopic (exact) mass is 330 g/mol. The number of thioether (sulfide) groups is 1. The largest absolute Gasteiger partial charge is 0.395 e. The van der Waals surface area contributed by atoms with Gasteiger partial charge in [0, 0.05) is 23.0 Å². The number of aliphatic hydroxyl groups excluding tert-OH is 1. The highest BCUT2D eigenvalue weighted by Crippen LogP contribution is 2.23. The Morgan fingerprint density at radius 1 is 1.33 bits per heavy atom. The molecule has 1 saturated carbocycles. The van der Waals surface area contributed by atoms with Crippen LogP contribution in [0.2, 0.25) is 0 Å². The molecule has 1 aromatic rings. The Balaban J connectivity index is 2.01. The highest BCUT2D eigenvalue weighted by molar-refractivity contribution is 7.99.